The Balaban J connectivity index is 1.89. The van der Waals surface area contributed by atoms with Gasteiger partial charge in [0.15, 0.2) is 0 Å². The zero-order valence-electron chi connectivity index (χ0n) is 11.1. The predicted molar refractivity (Wildman–Crippen MR) is 74.3 cm³/mol. The number of hydrogen-bond donors (Lipinski definition) is 0. The van der Waals surface area contributed by atoms with Crippen LogP contribution in [0.2, 0.25) is 0 Å². The van der Waals surface area contributed by atoms with E-state index in [2.05, 4.69) is 36.1 Å². The Hall–Kier alpha value is -0.870. The predicted octanol–water partition coefficient (Wildman–Crippen LogP) is 2.00. The van der Waals surface area contributed by atoms with Crippen molar-refractivity contribution in [1.82, 2.24) is 4.90 Å². The van der Waals surface area contributed by atoms with Gasteiger partial charge in [0.2, 0.25) is 0 Å². The maximum atomic E-state index is 11.5. The van der Waals surface area contributed by atoms with E-state index in [1.807, 2.05) is 0 Å². The third-order valence-corrected chi connectivity index (χ3v) is 5.35. The van der Waals surface area contributed by atoms with E-state index in [1.54, 1.807) is 0 Å². The summed E-state index contributed by atoms with van der Waals surface area (Å²) in [7, 11) is -2.85. The normalized spacial score (nSPS) is 19.0. The number of likely N-dealkylation sites (tertiary alicyclic amines) is 1. The maximum Gasteiger partial charge on any atom is 0.150 e. The van der Waals surface area contributed by atoms with Gasteiger partial charge in [0.25, 0.3) is 0 Å². The molecule has 0 saturated carbocycles. The smallest absolute Gasteiger partial charge is 0.150 e. The molecule has 0 spiro atoms. The minimum atomic E-state index is -2.85. The second-order valence-electron chi connectivity index (χ2n) is 5.29. The molecule has 4 heteroatoms. The van der Waals surface area contributed by atoms with Crippen molar-refractivity contribution >= 4 is 9.84 Å². The van der Waals surface area contributed by atoms with E-state index in [-0.39, 0.29) is 5.25 Å². The molecule has 0 amide bonds. The van der Waals surface area contributed by atoms with Gasteiger partial charge in [-0.2, -0.15) is 0 Å². The number of benzene rings is 1. The highest BCUT2D eigenvalue weighted by Gasteiger charge is 2.26. The molecule has 2 rings (SSSR count). The zero-order valence-corrected chi connectivity index (χ0v) is 11.9. The number of sulfone groups is 1. The zero-order chi connectivity index (χ0) is 13.2. The molecule has 100 valence electrons. The third kappa shape index (κ3) is 3.56. The van der Waals surface area contributed by atoms with Crippen LogP contribution in [0, 0.1) is 6.92 Å². The number of aryl methyl sites for hydroxylation is 1. The highest BCUT2D eigenvalue weighted by atomic mass is 32.2. The molecule has 1 heterocycles. The molecule has 3 nitrogen and oxygen atoms in total. The highest BCUT2D eigenvalue weighted by Crippen LogP contribution is 2.19. The van der Waals surface area contributed by atoms with Crippen molar-refractivity contribution in [3.8, 4) is 0 Å². The first-order valence-electron chi connectivity index (χ1n) is 6.42. The third-order valence-electron chi connectivity index (χ3n) is 3.67. The Kier molecular flexibility index (Phi) is 4.07. The van der Waals surface area contributed by atoms with Gasteiger partial charge in [-0.25, -0.2) is 8.42 Å². The van der Waals surface area contributed by atoms with E-state index >= 15 is 0 Å². The summed E-state index contributed by atoms with van der Waals surface area (Å²) in [6, 6.07) is 8.55. The minimum Gasteiger partial charge on any atom is -0.299 e. The summed E-state index contributed by atoms with van der Waals surface area (Å²) in [6.45, 7) is 4.77. The summed E-state index contributed by atoms with van der Waals surface area (Å²) in [4.78, 5) is 2.34. The van der Waals surface area contributed by atoms with Crippen LogP contribution < -0.4 is 0 Å². The fourth-order valence-corrected chi connectivity index (χ4v) is 3.51. The summed E-state index contributed by atoms with van der Waals surface area (Å²) < 4.78 is 22.9. The van der Waals surface area contributed by atoms with Crippen molar-refractivity contribution < 1.29 is 8.42 Å². The number of rotatable bonds is 3. The van der Waals surface area contributed by atoms with E-state index in [0.29, 0.717) is 0 Å². The molecule has 0 aliphatic carbocycles. The molecule has 0 atom stereocenters. The molecule has 0 bridgehead atoms. The SMILES string of the molecule is Cc1ccc(CN2CCC(S(C)(=O)=O)CC2)cc1. The molecule has 18 heavy (non-hydrogen) atoms. The van der Waals surface area contributed by atoms with Crippen LogP contribution in [0.4, 0.5) is 0 Å². The lowest BCUT2D eigenvalue weighted by atomic mass is 10.1. The molecular weight excluding hydrogens is 246 g/mol. The average Bonchev–Trinajstić information content (AvgIpc) is 2.32. The fourth-order valence-electron chi connectivity index (χ4n) is 2.45. The Morgan fingerprint density at radius 2 is 1.72 bits per heavy atom. The van der Waals surface area contributed by atoms with Crippen LogP contribution in [0.1, 0.15) is 24.0 Å². The first-order valence-corrected chi connectivity index (χ1v) is 8.37. The Bertz CT molecular complexity index is 485. The van der Waals surface area contributed by atoms with Gasteiger partial charge in [0.05, 0.1) is 5.25 Å². The lowest BCUT2D eigenvalue weighted by Gasteiger charge is -2.31. The molecule has 1 aliphatic heterocycles. The van der Waals surface area contributed by atoms with Gasteiger partial charge in [-0.3, -0.25) is 4.90 Å². The van der Waals surface area contributed by atoms with Crippen LogP contribution in [0.25, 0.3) is 0 Å². The second-order valence-corrected chi connectivity index (χ2v) is 7.62. The van der Waals surface area contributed by atoms with Crippen LogP contribution in [0.15, 0.2) is 24.3 Å². The lowest BCUT2D eigenvalue weighted by molar-refractivity contribution is 0.222. The van der Waals surface area contributed by atoms with Crippen LogP contribution in [0.3, 0.4) is 0 Å². The monoisotopic (exact) mass is 267 g/mol. The largest absolute Gasteiger partial charge is 0.299 e. The maximum absolute atomic E-state index is 11.5. The molecule has 0 N–H and O–H groups in total. The van der Waals surface area contributed by atoms with Crippen LogP contribution in [-0.4, -0.2) is 37.9 Å². The van der Waals surface area contributed by atoms with Crippen molar-refractivity contribution in [3.63, 3.8) is 0 Å². The van der Waals surface area contributed by atoms with Crippen LogP contribution >= 0.6 is 0 Å². The van der Waals surface area contributed by atoms with Gasteiger partial charge in [0, 0.05) is 12.8 Å². The summed E-state index contributed by atoms with van der Waals surface area (Å²) in [5.74, 6) is 0. The van der Waals surface area contributed by atoms with Gasteiger partial charge in [-0.1, -0.05) is 29.8 Å². The van der Waals surface area contributed by atoms with Gasteiger partial charge in [-0.05, 0) is 38.4 Å². The van der Waals surface area contributed by atoms with E-state index < -0.39 is 9.84 Å². The van der Waals surface area contributed by atoms with Gasteiger partial charge in [0.1, 0.15) is 9.84 Å². The Labute approximate surface area is 110 Å². The standard InChI is InChI=1S/C14H21NO2S/c1-12-3-5-13(6-4-12)11-15-9-7-14(8-10-15)18(2,16)17/h3-6,14H,7-11H2,1-2H3. The van der Waals surface area contributed by atoms with Gasteiger partial charge < -0.3 is 0 Å². The first-order chi connectivity index (χ1) is 8.45. The Morgan fingerprint density at radius 3 is 2.22 bits per heavy atom. The van der Waals surface area contributed by atoms with E-state index in [9.17, 15) is 8.42 Å². The van der Waals surface area contributed by atoms with Crippen LogP contribution in [-0.2, 0) is 16.4 Å². The molecule has 0 aromatic heterocycles. The number of nitrogens with zero attached hydrogens (tertiary/aromatic N) is 1. The molecular formula is C14H21NO2S. The van der Waals surface area contributed by atoms with Crippen molar-refractivity contribution in [2.45, 2.75) is 31.6 Å². The topological polar surface area (TPSA) is 37.4 Å². The molecule has 1 saturated heterocycles. The van der Waals surface area contributed by atoms with Gasteiger partial charge >= 0.3 is 0 Å². The fraction of sp³-hybridized carbons (Fsp3) is 0.571. The second kappa shape index (κ2) is 5.41. The molecule has 1 aliphatic rings. The highest BCUT2D eigenvalue weighted by molar-refractivity contribution is 7.91. The average molecular weight is 267 g/mol. The quantitative estimate of drug-likeness (QED) is 0.840. The van der Waals surface area contributed by atoms with E-state index in [4.69, 9.17) is 0 Å². The van der Waals surface area contributed by atoms with E-state index in [1.165, 1.54) is 17.4 Å². The first kappa shape index (κ1) is 13.6. The summed E-state index contributed by atoms with van der Waals surface area (Å²) in [5, 5.41) is -0.133. The lowest BCUT2D eigenvalue weighted by Crippen LogP contribution is -2.38. The van der Waals surface area contributed by atoms with Crippen molar-refractivity contribution in [3.05, 3.63) is 35.4 Å². The van der Waals surface area contributed by atoms with Crippen LogP contribution in [0.5, 0.6) is 0 Å². The van der Waals surface area contributed by atoms with E-state index in [0.717, 1.165) is 32.5 Å². The molecule has 0 radical (unpaired) electrons. The molecule has 0 unspecified atom stereocenters. The summed E-state index contributed by atoms with van der Waals surface area (Å²) in [6.07, 6.45) is 2.89. The van der Waals surface area contributed by atoms with Crippen molar-refractivity contribution in [2.24, 2.45) is 0 Å². The van der Waals surface area contributed by atoms with Crippen molar-refractivity contribution in [2.75, 3.05) is 19.3 Å². The number of piperidine rings is 1. The Morgan fingerprint density at radius 1 is 1.17 bits per heavy atom. The summed E-state index contributed by atoms with van der Waals surface area (Å²) in [5.41, 5.74) is 2.58. The molecule has 1 fully saturated rings. The van der Waals surface area contributed by atoms with Crippen molar-refractivity contribution in [1.29, 1.82) is 0 Å². The molecule has 1 aromatic carbocycles. The van der Waals surface area contributed by atoms with Gasteiger partial charge in [-0.15, -0.1) is 0 Å². The minimum absolute atomic E-state index is 0.133. The number of hydrogen-bond acceptors (Lipinski definition) is 3. The molecule has 1 aromatic rings. The summed E-state index contributed by atoms with van der Waals surface area (Å²) >= 11 is 0.